The van der Waals surface area contributed by atoms with Crippen molar-refractivity contribution < 1.29 is 17.9 Å². The number of benzene rings is 2. The number of fused-ring (bicyclic) bond motifs is 1. The summed E-state index contributed by atoms with van der Waals surface area (Å²) in [6.45, 7) is 1.46. The molecule has 29 heavy (non-hydrogen) atoms. The number of para-hydroxylation sites is 1. The van der Waals surface area contributed by atoms with Gasteiger partial charge in [-0.2, -0.15) is 13.2 Å². The van der Waals surface area contributed by atoms with E-state index in [1.807, 2.05) is 24.3 Å². The molecular formula is C20H20F3N5O. The molecular weight excluding hydrogens is 383 g/mol. The van der Waals surface area contributed by atoms with E-state index in [1.54, 1.807) is 17.9 Å². The summed E-state index contributed by atoms with van der Waals surface area (Å²) in [4.78, 5) is 2.07. The summed E-state index contributed by atoms with van der Waals surface area (Å²) in [6.07, 6.45) is -3.61. The molecule has 3 aromatic rings. The number of rotatable bonds is 6. The van der Waals surface area contributed by atoms with Crippen molar-refractivity contribution in [2.24, 2.45) is 0 Å². The zero-order chi connectivity index (χ0) is 20.4. The van der Waals surface area contributed by atoms with Gasteiger partial charge < -0.3 is 9.64 Å². The Morgan fingerprint density at radius 1 is 1.14 bits per heavy atom. The SMILES string of the molecule is COCCn1nnnc1[C@@H](c1cccc(C(F)(F)F)c1)N1CCc2ccccc21. The van der Waals surface area contributed by atoms with Crippen LogP contribution in [0, 0.1) is 0 Å². The number of anilines is 1. The number of aromatic nitrogens is 4. The van der Waals surface area contributed by atoms with Crippen LogP contribution >= 0.6 is 0 Å². The fraction of sp³-hybridized carbons (Fsp3) is 0.350. The van der Waals surface area contributed by atoms with E-state index in [2.05, 4.69) is 20.4 Å². The fourth-order valence-electron chi connectivity index (χ4n) is 3.73. The van der Waals surface area contributed by atoms with Gasteiger partial charge in [-0.3, -0.25) is 0 Å². The van der Waals surface area contributed by atoms with Crippen LogP contribution in [0.25, 0.3) is 0 Å². The Kier molecular flexibility index (Phi) is 5.23. The minimum absolute atomic E-state index is 0.393. The maximum atomic E-state index is 13.4. The summed E-state index contributed by atoms with van der Waals surface area (Å²) >= 11 is 0. The second kappa shape index (κ2) is 7.82. The molecule has 2 heterocycles. The van der Waals surface area contributed by atoms with E-state index in [1.165, 1.54) is 12.1 Å². The first-order valence-electron chi connectivity index (χ1n) is 9.25. The number of hydrogen-bond acceptors (Lipinski definition) is 5. The lowest BCUT2D eigenvalue weighted by molar-refractivity contribution is -0.137. The second-order valence-corrected chi connectivity index (χ2v) is 6.85. The second-order valence-electron chi connectivity index (χ2n) is 6.85. The van der Waals surface area contributed by atoms with E-state index in [-0.39, 0.29) is 0 Å². The zero-order valence-electron chi connectivity index (χ0n) is 15.8. The highest BCUT2D eigenvalue weighted by Gasteiger charge is 2.35. The average Bonchev–Trinajstić information content (AvgIpc) is 3.34. The number of nitrogens with zero attached hydrogens (tertiary/aromatic N) is 5. The summed E-state index contributed by atoms with van der Waals surface area (Å²) in [7, 11) is 1.57. The maximum absolute atomic E-state index is 13.4. The van der Waals surface area contributed by atoms with Crippen molar-refractivity contribution in [2.75, 3.05) is 25.2 Å². The lowest BCUT2D eigenvalue weighted by Gasteiger charge is -2.30. The van der Waals surface area contributed by atoms with Gasteiger partial charge in [0.05, 0.1) is 18.7 Å². The minimum atomic E-state index is -4.43. The van der Waals surface area contributed by atoms with Gasteiger partial charge in [-0.1, -0.05) is 30.3 Å². The fourth-order valence-corrected chi connectivity index (χ4v) is 3.73. The Morgan fingerprint density at radius 3 is 2.76 bits per heavy atom. The Hall–Kier alpha value is -2.94. The molecule has 1 aliphatic rings. The molecule has 2 aromatic carbocycles. The van der Waals surface area contributed by atoms with Crippen molar-refractivity contribution in [3.8, 4) is 0 Å². The first-order valence-corrected chi connectivity index (χ1v) is 9.25. The molecule has 9 heteroatoms. The molecule has 0 bridgehead atoms. The van der Waals surface area contributed by atoms with Gasteiger partial charge in [-0.25, -0.2) is 4.68 Å². The van der Waals surface area contributed by atoms with Crippen LogP contribution in [-0.4, -0.2) is 40.5 Å². The van der Waals surface area contributed by atoms with Gasteiger partial charge in [0.15, 0.2) is 5.82 Å². The monoisotopic (exact) mass is 403 g/mol. The largest absolute Gasteiger partial charge is 0.416 e. The molecule has 6 nitrogen and oxygen atoms in total. The van der Waals surface area contributed by atoms with Gasteiger partial charge in [0, 0.05) is 19.3 Å². The van der Waals surface area contributed by atoms with Gasteiger partial charge in [0.2, 0.25) is 0 Å². The van der Waals surface area contributed by atoms with Crippen LogP contribution in [0.4, 0.5) is 18.9 Å². The van der Waals surface area contributed by atoms with Crippen molar-refractivity contribution >= 4 is 5.69 Å². The van der Waals surface area contributed by atoms with Crippen LogP contribution in [0.2, 0.25) is 0 Å². The van der Waals surface area contributed by atoms with Crippen LogP contribution in [0.5, 0.6) is 0 Å². The quantitative estimate of drug-likeness (QED) is 0.631. The van der Waals surface area contributed by atoms with Crippen molar-refractivity contribution in [3.05, 3.63) is 71.0 Å². The highest BCUT2D eigenvalue weighted by Crippen LogP contribution is 2.39. The molecule has 0 fully saturated rings. The summed E-state index contributed by atoms with van der Waals surface area (Å²) in [5.74, 6) is 0.484. The maximum Gasteiger partial charge on any atom is 0.416 e. The van der Waals surface area contributed by atoms with Crippen molar-refractivity contribution in [3.63, 3.8) is 0 Å². The first-order chi connectivity index (χ1) is 14.0. The zero-order valence-corrected chi connectivity index (χ0v) is 15.8. The lowest BCUT2D eigenvalue weighted by atomic mass is 10.0. The highest BCUT2D eigenvalue weighted by molar-refractivity contribution is 5.60. The van der Waals surface area contributed by atoms with E-state index < -0.39 is 17.8 Å². The third-order valence-electron chi connectivity index (χ3n) is 5.08. The Balaban J connectivity index is 1.82. The third kappa shape index (κ3) is 3.82. The Morgan fingerprint density at radius 2 is 1.97 bits per heavy atom. The molecule has 152 valence electrons. The van der Waals surface area contributed by atoms with Crippen molar-refractivity contribution in [2.45, 2.75) is 25.2 Å². The Labute approximate surface area is 165 Å². The molecule has 1 aliphatic heterocycles. The number of hydrogen-bond donors (Lipinski definition) is 0. The van der Waals surface area contributed by atoms with E-state index in [9.17, 15) is 13.2 Å². The summed E-state index contributed by atoms with van der Waals surface area (Å²) in [5, 5.41) is 12.0. The first kappa shape index (κ1) is 19.4. The molecule has 0 N–H and O–H groups in total. The number of alkyl halides is 3. The third-order valence-corrected chi connectivity index (χ3v) is 5.08. The molecule has 0 unspecified atom stereocenters. The number of methoxy groups -OCH3 is 1. The summed E-state index contributed by atoms with van der Waals surface area (Å²) in [5.41, 5.74) is 1.94. The van der Waals surface area contributed by atoms with E-state index in [0.717, 1.165) is 23.7 Å². The minimum Gasteiger partial charge on any atom is -0.383 e. The van der Waals surface area contributed by atoms with Gasteiger partial charge in [0.25, 0.3) is 0 Å². The summed E-state index contributed by atoms with van der Waals surface area (Å²) < 4.78 is 46.8. The molecule has 1 atom stereocenters. The molecule has 1 aromatic heterocycles. The predicted octanol–water partition coefficient (Wildman–Crippen LogP) is 3.49. The molecule has 4 rings (SSSR count). The van der Waals surface area contributed by atoms with Crippen molar-refractivity contribution in [1.82, 2.24) is 20.2 Å². The van der Waals surface area contributed by atoms with Crippen LogP contribution in [0.3, 0.4) is 0 Å². The van der Waals surface area contributed by atoms with Gasteiger partial charge in [-0.05, 0) is 46.2 Å². The number of tetrazole rings is 1. The van der Waals surface area contributed by atoms with Crippen LogP contribution < -0.4 is 4.90 Å². The van der Waals surface area contributed by atoms with Gasteiger partial charge in [0.1, 0.15) is 6.04 Å². The molecule has 0 saturated carbocycles. The Bertz CT molecular complexity index is 988. The van der Waals surface area contributed by atoms with Crippen LogP contribution in [-0.2, 0) is 23.9 Å². The molecule has 0 amide bonds. The van der Waals surface area contributed by atoms with E-state index >= 15 is 0 Å². The van der Waals surface area contributed by atoms with Crippen LogP contribution in [0.15, 0.2) is 48.5 Å². The summed E-state index contributed by atoms with van der Waals surface area (Å²) in [6, 6.07) is 12.7. The lowest BCUT2D eigenvalue weighted by Crippen LogP contribution is -2.31. The average molecular weight is 403 g/mol. The van der Waals surface area contributed by atoms with E-state index in [4.69, 9.17) is 4.74 Å². The molecule has 0 radical (unpaired) electrons. The van der Waals surface area contributed by atoms with Gasteiger partial charge in [-0.15, -0.1) is 5.10 Å². The highest BCUT2D eigenvalue weighted by atomic mass is 19.4. The number of ether oxygens (including phenoxy) is 1. The predicted molar refractivity (Wildman–Crippen MR) is 100 cm³/mol. The molecule has 0 aliphatic carbocycles. The smallest absolute Gasteiger partial charge is 0.383 e. The number of halogens is 3. The van der Waals surface area contributed by atoms with E-state index in [0.29, 0.717) is 31.1 Å². The normalized spacial score (nSPS) is 14.8. The van der Waals surface area contributed by atoms with Gasteiger partial charge >= 0.3 is 6.18 Å². The van der Waals surface area contributed by atoms with Crippen LogP contribution in [0.1, 0.15) is 28.6 Å². The van der Waals surface area contributed by atoms with Crippen molar-refractivity contribution in [1.29, 1.82) is 0 Å². The standard InChI is InChI=1S/C20H20F3N5O/c1-29-12-11-28-19(24-25-26-28)18(15-6-4-7-16(13-15)20(21,22)23)27-10-9-14-5-2-3-8-17(14)27/h2-8,13,18H,9-12H2,1H3/t18-/m1/s1. The molecule has 0 spiro atoms. The molecule has 0 saturated heterocycles. The topological polar surface area (TPSA) is 56.1 Å².